The van der Waals surface area contributed by atoms with Crippen LogP contribution in [0.25, 0.3) is 0 Å². The quantitative estimate of drug-likeness (QED) is 0.611. The molecule has 2 amide bonds. The van der Waals surface area contributed by atoms with Gasteiger partial charge in [0.05, 0.1) is 18.5 Å². The van der Waals surface area contributed by atoms with Gasteiger partial charge in [-0.1, -0.05) is 0 Å². The average Bonchev–Trinajstić information content (AvgIpc) is 2.91. The highest BCUT2D eigenvalue weighted by molar-refractivity contribution is 6.29. The first-order chi connectivity index (χ1) is 12.1. The van der Waals surface area contributed by atoms with Crippen LogP contribution >= 0.6 is 0 Å². The topological polar surface area (TPSA) is 84.0 Å². The van der Waals surface area contributed by atoms with Crippen molar-refractivity contribution in [3.63, 3.8) is 0 Å². The van der Waals surface area contributed by atoms with Crippen LogP contribution in [0.4, 0.5) is 11.4 Å². The lowest BCUT2D eigenvalue weighted by atomic mass is 10.1. The molecule has 7 nitrogen and oxygen atoms in total. The summed E-state index contributed by atoms with van der Waals surface area (Å²) in [4.78, 5) is 47.1. The standard InChI is InChI=1S/C18H14N2O5/c1-25-15-8-6-14(7-9-15)20-18(24)16(11-22)17(23)19(20)13-4-2-12(10-21)3-5-13/h2-11,16H,1H3. The predicted molar refractivity (Wildman–Crippen MR) is 89.3 cm³/mol. The molecule has 2 aromatic carbocycles. The molecule has 2 aromatic rings. The second-order valence-corrected chi connectivity index (χ2v) is 5.32. The van der Waals surface area contributed by atoms with Crippen molar-refractivity contribution < 1.29 is 23.9 Å². The Morgan fingerprint density at radius 1 is 0.840 bits per heavy atom. The first-order valence-electron chi connectivity index (χ1n) is 7.43. The number of carbonyl (C=O) groups excluding carboxylic acids is 4. The van der Waals surface area contributed by atoms with Gasteiger partial charge in [0.25, 0.3) is 11.8 Å². The number of carbonyl (C=O) groups is 4. The van der Waals surface area contributed by atoms with Crippen LogP contribution in [0, 0.1) is 5.92 Å². The summed E-state index contributed by atoms with van der Waals surface area (Å²) in [6.45, 7) is 0. The van der Waals surface area contributed by atoms with E-state index in [1.54, 1.807) is 36.4 Å². The van der Waals surface area contributed by atoms with Crippen molar-refractivity contribution in [2.24, 2.45) is 5.92 Å². The van der Waals surface area contributed by atoms with Gasteiger partial charge in [0.15, 0.2) is 5.92 Å². The predicted octanol–water partition coefficient (Wildman–Crippen LogP) is 1.62. The summed E-state index contributed by atoms with van der Waals surface area (Å²) in [7, 11) is 1.52. The molecule has 0 bridgehead atoms. The third kappa shape index (κ3) is 2.76. The van der Waals surface area contributed by atoms with Gasteiger partial charge in [0.1, 0.15) is 18.3 Å². The largest absolute Gasteiger partial charge is 0.497 e. The molecular formula is C18H14N2O5. The van der Waals surface area contributed by atoms with Gasteiger partial charge in [-0.15, -0.1) is 0 Å². The molecule has 25 heavy (non-hydrogen) atoms. The smallest absolute Gasteiger partial charge is 0.266 e. The summed E-state index contributed by atoms with van der Waals surface area (Å²) >= 11 is 0. The molecule has 3 rings (SSSR count). The minimum absolute atomic E-state index is 0.334. The summed E-state index contributed by atoms with van der Waals surface area (Å²) in [5, 5.41) is 2.29. The maximum Gasteiger partial charge on any atom is 0.266 e. The Kier molecular flexibility index (Phi) is 4.30. The normalized spacial score (nSPS) is 16.9. The number of hydrazine groups is 1. The molecule has 0 aliphatic carbocycles. The van der Waals surface area contributed by atoms with Crippen LogP contribution in [0.5, 0.6) is 5.75 Å². The number of rotatable bonds is 5. The number of methoxy groups -OCH3 is 1. The second kappa shape index (κ2) is 6.56. The van der Waals surface area contributed by atoms with Gasteiger partial charge in [-0.25, -0.2) is 10.0 Å². The number of aldehydes is 2. The van der Waals surface area contributed by atoms with Crippen LogP contribution < -0.4 is 14.8 Å². The Balaban J connectivity index is 2.06. The Bertz CT molecular complexity index is 830. The fourth-order valence-electron chi connectivity index (χ4n) is 2.59. The van der Waals surface area contributed by atoms with Crippen molar-refractivity contribution in [3.8, 4) is 5.75 Å². The van der Waals surface area contributed by atoms with Crippen LogP contribution in [0.1, 0.15) is 10.4 Å². The average molecular weight is 338 g/mol. The van der Waals surface area contributed by atoms with Crippen molar-refractivity contribution in [2.75, 3.05) is 17.1 Å². The van der Waals surface area contributed by atoms with E-state index in [4.69, 9.17) is 4.74 Å². The molecule has 1 atom stereocenters. The van der Waals surface area contributed by atoms with Gasteiger partial charge in [-0.2, -0.15) is 0 Å². The lowest BCUT2D eigenvalue weighted by molar-refractivity contribution is -0.131. The Labute approximate surface area is 143 Å². The van der Waals surface area contributed by atoms with E-state index in [9.17, 15) is 19.2 Å². The molecule has 0 aromatic heterocycles. The van der Waals surface area contributed by atoms with Gasteiger partial charge >= 0.3 is 0 Å². The van der Waals surface area contributed by atoms with Gasteiger partial charge < -0.3 is 9.53 Å². The molecule has 1 saturated heterocycles. The van der Waals surface area contributed by atoms with Crippen LogP contribution in [0.3, 0.4) is 0 Å². The van der Waals surface area contributed by atoms with Crippen molar-refractivity contribution in [1.82, 2.24) is 0 Å². The zero-order chi connectivity index (χ0) is 18.0. The number of hydrogen-bond acceptors (Lipinski definition) is 5. The van der Waals surface area contributed by atoms with Gasteiger partial charge in [-0.05, 0) is 48.5 Å². The van der Waals surface area contributed by atoms with Crippen molar-refractivity contribution in [2.45, 2.75) is 0 Å². The summed E-state index contributed by atoms with van der Waals surface area (Å²) in [5.74, 6) is -2.08. The fourth-order valence-corrected chi connectivity index (χ4v) is 2.59. The van der Waals surface area contributed by atoms with E-state index < -0.39 is 17.7 Å². The molecule has 0 radical (unpaired) electrons. The SMILES string of the molecule is COc1ccc(N2C(=O)C(C=O)C(=O)N2c2ccc(C=O)cc2)cc1. The number of benzene rings is 2. The summed E-state index contributed by atoms with van der Waals surface area (Å²) in [6, 6.07) is 12.7. The monoisotopic (exact) mass is 338 g/mol. The third-order valence-electron chi connectivity index (χ3n) is 3.88. The van der Waals surface area contributed by atoms with E-state index in [0.29, 0.717) is 35.3 Å². The van der Waals surface area contributed by atoms with Crippen molar-refractivity contribution >= 4 is 35.8 Å². The zero-order valence-corrected chi connectivity index (χ0v) is 13.3. The molecule has 126 valence electrons. The fraction of sp³-hybridized carbons (Fsp3) is 0.111. The van der Waals surface area contributed by atoms with Crippen LogP contribution in [-0.2, 0) is 14.4 Å². The maximum atomic E-state index is 12.6. The minimum atomic E-state index is -1.40. The minimum Gasteiger partial charge on any atom is -0.497 e. The van der Waals surface area contributed by atoms with Crippen LogP contribution in [-0.4, -0.2) is 31.5 Å². The number of ether oxygens (including phenoxy) is 1. The first-order valence-corrected chi connectivity index (χ1v) is 7.43. The third-order valence-corrected chi connectivity index (χ3v) is 3.88. The lowest BCUT2D eigenvalue weighted by Gasteiger charge is -2.27. The Morgan fingerprint density at radius 3 is 1.72 bits per heavy atom. The van der Waals surface area contributed by atoms with E-state index >= 15 is 0 Å². The van der Waals surface area contributed by atoms with Gasteiger partial charge in [0.2, 0.25) is 0 Å². The molecule has 1 fully saturated rings. The van der Waals surface area contributed by atoms with E-state index in [1.165, 1.54) is 19.2 Å². The molecule has 1 heterocycles. The number of nitrogens with zero attached hydrogens (tertiary/aromatic N) is 2. The number of hydrogen-bond donors (Lipinski definition) is 0. The van der Waals surface area contributed by atoms with E-state index in [1.807, 2.05) is 0 Å². The molecule has 0 N–H and O–H groups in total. The molecule has 0 saturated carbocycles. The van der Waals surface area contributed by atoms with Crippen molar-refractivity contribution in [1.29, 1.82) is 0 Å². The summed E-state index contributed by atoms with van der Waals surface area (Å²) < 4.78 is 5.09. The first kappa shape index (κ1) is 16.4. The highest BCUT2D eigenvalue weighted by Crippen LogP contribution is 2.32. The molecule has 1 aliphatic rings. The summed E-state index contributed by atoms with van der Waals surface area (Å²) in [5.41, 5.74) is 1.23. The molecular weight excluding hydrogens is 324 g/mol. The van der Waals surface area contributed by atoms with Crippen LogP contribution in [0.2, 0.25) is 0 Å². The highest BCUT2D eigenvalue weighted by atomic mass is 16.5. The molecule has 1 aliphatic heterocycles. The van der Waals surface area contributed by atoms with Gasteiger partial charge in [0, 0.05) is 5.56 Å². The zero-order valence-electron chi connectivity index (χ0n) is 13.3. The van der Waals surface area contributed by atoms with E-state index in [0.717, 1.165) is 10.0 Å². The highest BCUT2D eigenvalue weighted by Gasteiger charge is 2.47. The van der Waals surface area contributed by atoms with E-state index in [-0.39, 0.29) is 0 Å². The lowest BCUT2D eigenvalue weighted by Crippen LogP contribution is -2.41. The maximum absolute atomic E-state index is 12.6. The molecule has 0 spiro atoms. The second-order valence-electron chi connectivity index (χ2n) is 5.32. The van der Waals surface area contributed by atoms with Crippen LogP contribution in [0.15, 0.2) is 48.5 Å². The van der Waals surface area contributed by atoms with E-state index in [2.05, 4.69) is 0 Å². The van der Waals surface area contributed by atoms with Crippen molar-refractivity contribution in [3.05, 3.63) is 54.1 Å². The Hall–Kier alpha value is -3.48. The molecule has 1 unspecified atom stereocenters. The molecule has 7 heteroatoms. The van der Waals surface area contributed by atoms with Gasteiger partial charge in [-0.3, -0.25) is 14.4 Å². The number of anilines is 2. The number of amides is 2. The summed E-state index contributed by atoms with van der Waals surface area (Å²) in [6.07, 6.45) is 1.01. The Morgan fingerprint density at radius 2 is 1.32 bits per heavy atom.